The second kappa shape index (κ2) is 11.3. The van der Waals surface area contributed by atoms with E-state index in [1.165, 1.54) is 12.8 Å². The second-order valence-corrected chi connectivity index (χ2v) is 13.0. The van der Waals surface area contributed by atoms with Gasteiger partial charge in [-0.05, 0) is 131 Å². The lowest BCUT2D eigenvalue weighted by Gasteiger charge is -2.38. The minimum Gasteiger partial charge on any atom is -0.508 e. The summed E-state index contributed by atoms with van der Waals surface area (Å²) in [6.07, 6.45) is 10.0. The predicted molar refractivity (Wildman–Crippen MR) is 156 cm³/mol. The van der Waals surface area contributed by atoms with Gasteiger partial charge < -0.3 is 24.6 Å². The summed E-state index contributed by atoms with van der Waals surface area (Å²) in [5.74, 6) is 1.14. The van der Waals surface area contributed by atoms with Crippen LogP contribution in [0.4, 0.5) is 0 Å². The average Bonchev–Trinajstić information content (AvgIpc) is 3.72. The van der Waals surface area contributed by atoms with Crippen LogP contribution < -0.4 is 5.56 Å². The Morgan fingerprint density at radius 3 is 2.52 bits per heavy atom. The standard InChI is InChI=1S/C33H45N3O4/c1-20-4-11-27(37)18-29(20)23-12-13-35(19-22-6-7-22)21(2)5-8-24-14-30(32(38)34-31(24)15-23)33(39)36-25-9-10-26(36)17-28(16-25)40-3/h4,11,14,18,21-23,25-26,28,37H,5-10,12-13,15-17,19H2,1-3H3,(H,34,38). The maximum absolute atomic E-state index is 13.9. The Morgan fingerprint density at radius 1 is 1.07 bits per heavy atom. The molecule has 1 saturated carbocycles. The largest absolute Gasteiger partial charge is 0.508 e. The molecule has 7 heteroatoms. The highest BCUT2D eigenvalue weighted by molar-refractivity contribution is 5.94. The third kappa shape index (κ3) is 5.60. The molecule has 4 unspecified atom stereocenters. The van der Waals surface area contributed by atoms with Gasteiger partial charge in [0.1, 0.15) is 11.3 Å². The molecule has 7 nitrogen and oxygen atoms in total. The first-order valence-electron chi connectivity index (χ1n) is 15.4. The molecule has 40 heavy (non-hydrogen) atoms. The molecule has 0 spiro atoms. The number of phenolic OH excluding ortho intramolecular Hbond substituents is 1. The van der Waals surface area contributed by atoms with Gasteiger partial charge >= 0.3 is 0 Å². The fraction of sp³-hybridized carbons (Fsp3) is 0.636. The number of aromatic amines is 1. The molecule has 1 aliphatic carbocycles. The summed E-state index contributed by atoms with van der Waals surface area (Å²) in [4.78, 5) is 35.2. The number of pyridine rings is 1. The van der Waals surface area contributed by atoms with E-state index in [9.17, 15) is 14.7 Å². The molecule has 1 amide bonds. The molecule has 2 saturated heterocycles. The van der Waals surface area contributed by atoms with E-state index in [0.717, 1.165) is 86.3 Å². The summed E-state index contributed by atoms with van der Waals surface area (Å²) in [6.45, 7) is 6.58. The quantitative estimate of drug-likeness (QED) is 0.554. The maximum atomic E-state index is 13.9. The van der Waals surface area contributed by atoms with Gasteiger partial charge in [0.15, 0.2) is 0 Å². The van der Waals surface area contributed by atoms with Crippen molar-refractivity contribution in [3.05, 3.63) is 62.6 Å². The van der Waals surface area contributed by atoms with Crippen molar-refractivity contribution in [3.63, 3.8) is 0 Å². The number of H-pyrrole nitrogens is 1. The molecule has 2 aromatic rings. The van der Waals surface area contributed by atoms with Crippen LogP contribution in [0.5, 0.6) is 5.75 Å². The third-order valence-corrected chi connectivity index (χ3v) is 10.3. The summed E-state index contributed by atoms with van der Waals surface area (Å²) < 4.78 is 5.63. The van der Waals surface area contributed by atoms with E-state index in [1.807, 2.05) is 23.1 Å². The van der Waals surface area contributed by atoms with E-state index in [4.69, 9.17) is 4.74 Å². The lowest BCUT2D eigenvalue weighted by atomic mass is 9.85. The average molecular weight is 548 g/mol. The number of hydrogen-bond donors (Lipinski definition) is 2. The first-order valence-corrected chi connectivity index (χ1v) is 15.4. The SMILES string of the molecule is COC1CC2CCC(C1)N2C(=O)c1cc2c([nH]c1=O)CC(c1cc(O)ccc1C)CCN(CC1CC1)C(C)CC2. The molecular formula is C33H45N3O4. The highest BCUT2D eigenvalue weighted by Gasteiger charge is 2.44. The number of aromatic hydroxyl groups is 1. The molecule has 4 heterocycles. The summed E-state index contributed by atoms with van der Waals surface area (Å²) in [7, 11) is 1.75. The molecule has 1 aromatic carbocycles. The van der Waals surface area contributed by atoms with Crippen molar-refractivity contribution in [1.82, 2.24) is 14.8 Å². The van der Waals surface area contributed by atoms with Crippen molar-refractivity contribution in [2.24, 2.45) is 5.92 Å². The van der Waals surface area contributed by atoms with Gasteiger partial charge in [0.25, 0.3) is 11.5 Å². The fourth-order valence-corrected chi connectivity index (χ4v) is 7.64. The molecular weight excluding hydrogens is 502 g/mol. The lowest BCUT2D eigenvalue weighted by Crippen LogP contribution is -2.49. The van der Waals surface area contributed by atoms with Gasteiger partial charge in [-0.2, -0.15) is 0 Å². The van der Waals surface area contributed by atoms with E-state index >= 15 is 0 Å². The summed E-state index contributed by atoms with van der Waals surface area (Å²) in [6, 6.07) is 8.28. The Bertz CT molecular complexity index is 1290. The molecule has 3 fully saturated rings. The number of fused-ring (bicyclic) bond motifs is 3. The van der Waals surface area contributed by atoms with Crippen LogP contribution in [0, 0.1) is 12.8 Å². The summed E-state index contributed by atoms with van der Waals surface area (Å²) in [5.41, 5.74) is 4.35. The monoisotopic (exact) mass is 547 g/mol. The van der Waals surface area contributed by atoms with Gasteiger partial charge in [0.05, 0.1) is 6.10 Å². The molecule has 2 bridgehead atoms. The number of piperidine rings is 1. The van der Waals surface area contributed by atoms with Crippen LogP contribution in [0.1, 0.15) is 97.0 Å². The molecule has 4 atom stereocenters. The molecule has 2 N–H and O–H groups in total. The lowest BCUT2D eigenvalue weighted by molar-refractivity contribution is 0.00813. The molecule has 0 radical (unpaired) electrons. The number of benzene rings is 1. The first kappa shape index (κ1) is 27.5. The highest BCUT2D eigenvalue weighted by Crippen LogP contribution is 2.38. The highest BCUT2D eigenvalue weighted by atomic mass is 16.5. The van der Waals surface area contributed by atoms with Crippen molar-refractivity contribution in [2.45, 2.75) is 108 Å². The van der Waals surface area contributed by atoms with Crippen LogP contribution in [0.25, 0.3) is 0 Å². The Balaban J connectivity index is 1.34. The van der Waals surface area contributed by atoms with Gasteiger partial charge in [0, 0.05) is 37.5 Å². The van der Waals surface area contributed by atoms with Gasteiger partial charge in [0.2, 0.25) is 0 Å². The van der Waals surface area contributed by atoms with Crippen molar-refractivity contribution in [2.75, 3.05) is 20.2 Å². The fourth-order valence-electron chi connectivity index (χ4n) is 7.64. The first-order chi connectivity index (χ1) is 19.3. The van der Waals surface area contributed by atoms with Crippen molar-refractivity contribution < 1.29 is 14.6 Å². The summed E-state index contributed by atoms with van der Waals surface area (Å²) >= 11 is 0. The number of nitrogens with zero attached hydrogens (tertiary/aromatic N) is 2. The minimum atomic E-state index is -0.274. The number of ether oxygens (including phenoxy) is 1. The molecule has 3 aliphatic heterocycles. The van der Waals surface area contributed by atoms with Gasteiger partial charge in [-0.1, -0.05) is 6.07 Å². The van der Waals surface area contributed by atoms with Crippen LogP contribution in [-0.4, -0.2) is 70.2 Å². The molecule has 4 aliphatic rings. The zero-order valence-corrected chi connectivity index (χ0v) is 24.3. The Morgan fingerprint density at radius 2 is 1.82 bits per heavy atom. The van der Waals surface area contributed by atoms with Crippen LogP contribution in [0.3, 0.4) is 0 Å². The number of phenols is 1. The van der Waals surface area contributed by atoms with Crippen LogP contribution in [0.15, 0.2) is 29.1 Å². The number of carbonyl (C=O) groups excluding carboxylic acids is 1. The number of rotatable bonds is 5. The minimum absolute atomic E-state index is 0.119. The normalized spacial score (nSPS) is 29.3. The van der Waals surface area contributed by atoms with E-state index in [1.54, 1.807) is 13.2 Å². The zero-order valence-electron chi connectivity index (χ0n) is 24.3. The third-order valence-electron chi connectivity index (χ3n) is 10.3. The number of methoxy groups -OCH3 is 1. The Kier molecular flexibility index (Phi) is 7.79. The number of aromatic nitrogens is 1. The Hall–Kier alpha value is -2.64. The van der Waals surface area contributed by atoms with E-state index in [2.05, 4.69) is 23.7 Å². The van der Waals surface area contributed by atoms with E-state index in [-0.39, 0.29) is 46.9 Å². The van der Waals surface area contributed by atoms with Crippen molar-refractivity contribution >= 4 is 5.91 Å². The zero-order chi connectivity index (χ0) is 28.0. The van der Waals surface area contributed by atoms with Crippen molar-refractivity contribution in [3.8, 4) is 5.75 Å². The predicted octanol–water partition coefficient (Wildman–Crippen LogP) is 4.93. The number of carbonyl (C=O) groups is 1. The van der Waals surface area contributed by atoms with E-state index in [0.29, 0.717) is 12.5 Å². The topological polar surface area (TPSA) is 85.9 Å². The van der Waals surface area contributed by atoms with Gasteiger partial charge in [-0.15, -0.1) is 0 Å². The number of nitrogens with one attached hydrogen (secondary N) is 1. The number of amides is 1. The number of hydrogen-bond acceptors (Lipinski definition) is 5. The summed E-state index contributed by atoms with van der Waals surface area (Å²) in [5, 5.41) is 10.3. The van der Waals surface area contributed by atoms with Crippen molar-refractivity contribution in [1.29, 1.82) is 0 Å². The second-order valence-electron chi connectivity index (χ2n) is 13.0. The van der Waals surface area contributed by atoms with Crippen LogP contribution in [-0.2, 0) is 17.6 Å². The molecule has 216 valence electrons. The smallest absolute Gasteiger partial charge is 0.261 e. The van der Waals surface area contributed by atoms with E-state index < -0.39 is 0 Å². The van der Waals surface area contributed by atoms with Gasteiger partial charge in [-0.3, -0.25) is 9.59 Å². The Labute approximate surface area is 237 Å². The van der Waals surface area contributed by atoms with Crippen LogP contribution in [0.2, 0.25) is 0 Å². The van der Waals surface area contributed by atoms with Crippen LogP contribution >= 0.6 is 0 Å². The maximum Gasteiger partial charge on any atom is 0.261 e. The molecule has 1 aromatic heterocycles. The molecule has 6 rings (SSSR count). The van der Waals surface area contributed by atoms with Gasteiger partial charge in [-0.25, -0.2) is 0 Å². The number of aryl methyl sites for hydroxylation is 2.